The van der Waals surface area contributed by atoms with Crippen LogP contribution in [0.1, 0.15) is 26.7 Å². The van der Waals surface area contributed by atoms with Gasteiger partial charge in [0.05, 0.1) is 6.10 Å². The molecule has 0 bridgehead atoms. The summed E-state index contributed by atoms with van der Waals surface area (Å²) >= 11 is 11.3. The zero-order valence-electron chi connectivity index (χ0n) is 9.30. The molecule has 0 aliphatic heterocycles. The van der Waals surface area contributed by atoms with E-state index in [1.54, 1.807) is 0 Å². The quantitative estimate of drug-likeness (QED) is 0.723. The van der Waals surface area contributed by atoms with Gasteiger partial charge in [0, 0.05) is 5.54 Å². The van der Waals surface area contributed by atoms with Crippen molar-refractivity contribution in [2.75, 3.05) is 20.6 Å². The fourth-order valence-electron chi connectivity index (χ4n) is 1.15. The van der Waals surface area contributed by atoms with Crippen molar-refractivity contribution in [1.29, 1.82) is 0 Å². The van der Waals surface area contributed by atoms with Gasteiger partial charge in [0.15, 0.2) is 0 Å². The van der Waals surface area contributed by atoms with Gasteiger partial charge in [-0.15, -0.1) is 3.94 Å². The predicted molar refractivity (Wildman–Crippen MR) is 61.4 cm³/mol. The summed E-state index contributed by atoms with van der Waals surface area (Å²) in [6.45, 7) is 4.65. The number of rotatable bonds is 6. The third kappa shape index (κ3) is 6.04. The lowest BCUT2D eigenvalue weighted by molar-refractivity contribution is 0.104. The second-order valence-corrected chi connectivity index (χ2v) is 5.34. The lowest BCUT2D eigenvalue weighted by Gasteiger charge is -2.30. The Morgan fingerprint density at radius 3 is 2.14 bits per heavy atom. The van der Waals surface area contributed by atoms with E-state index in [-0.39, 0.29) is 6.10 Å². The smallest absolute Gasteiger partial charge is 0.0570 e. The number of aliphatic hydroxyl groups excluding tert-OH is 1. The molecule has 0 aromatic carbocycles. The van der Waals surface area contributed by atoms with Crippen LogP contribution in [0.3, 0.4) is 0 Å². The van der Waals surface area contributed by atoms with Crippen molar-refractivity contribution >= 4 is 23.6 Å². The second-order valence-electron chi connectivity index (χ2n) is 4.50. The molecule has 0 rings (SSSR count). The Morgan fingerprint density at radius 2 is 1.79 bits per heavy atom. The molecule has 0 heterocycles. The summed E-state index contributed by atoms with van der Waals surface area (Å²) in [6, 6.07) is 0. The lowest BCUT2D eigenvalue weighted by Crippen LogP contribution is -2.36. The van der Waals surface area contributed by atoms with E-state index < -0.39 is 5.54 Å². The van der Waals surface area contributed by atoms with E-state index in [9.17, 15) is 5.11 Å². The van der Waals surface area contributed by atoms with Crippen LogP contribution in [0.5, 0.6) is 0 Å². The molecule has 0 aromatic rings. The summed E-state index contributed by atoms with van der Waals surface area (Å²) < 4.78 is 1.10. The summed E-state index contributed by atoms with van der Waals surface area (Å²) in [7, 11) is 3.96. The van der Waals surface area contributed by atoms with E-state index in [2.05, 4.69) is 0 Å². The van der Waals surface area contributed by atoms with Gasteiger partial charge in [0.2, 0.25) is 0 Å². The third-order valence-corrected chi connectivity index (χ3v) is 3.02. The van der Waals surface area contributed by atoms with Gasteiger partial charge in [-0.2, -0.15) is 0 Å². The molecule has 0 fully saturated rings. The van der Waals surface area contributed by atoms with Crippen molar-refractivity contribution in [3.8, 4) is 0 Å². The summed E-state index contributed by atoms with van der Waals surface area (Å²) in [6.07, 6.45) is 0.929. The average Bonchev–Trinajstić information content (AvgIpc) is 1.99. The van der Waals surface area contributed by atoms with Gasteiger partial charge in [-0.05, 0) is 70.9 Å². The summed E-state index contributed by atoms with van der Waals surface area (Å²) in [5.74, 6) is 0. The summed E-state index contributed by atoms with van der Waals surface area (Å²) in [5, 5.41) is 9.71. The molecule has 5 heteroatoms. The minimum absolute atomic E-state index is 0.368. The standard InChI is InChI=1S/C9H20Cl2N2O/c1-9(2,13(10)11)7-8(14)5-6-12(3)4/h8,14H,5-7H2,1-4H3. The molecule has 0 amide bonds. The van der Waals surface area contributed by atoms with Crippen LogP contribution in [0.4, 0.5) is 0 Å². The van der Waals surface area contributed by atoms with Gasteiger partial charge in [0.25, 0.3) is 0 Å². The van der Waals surface area contributed by atoms with Crippen molar-refractivity contribution in [3.05, 3.63) is 0 Å². The molecular formula is C9H20Cl2N2O. The number of nitrogens with zero attached hydrogens (tertiary/aromatic N) is 2. The van der Waals surface area contributed by atoms with Crippen LogP contribution in [-0.2, 0) is 0 Å². The Hall–Kier alpha value is 0.460. The van der Waals surface area contributed by atoms with Crippen LogP contribution in [0.15, 0.2) is 0 Å². The van der Waals surface area contributed by atoms with Gasteiger partial charge >= 0.3 is 0 Å². The molecule has 1 N–H and O–H groups in total. The first kappa shape index (κ1) is 14.5. The highest BCUT2D eigenvalue weighted by atomic mass is 35.5. The van der Waals surface area contributed by atoms with Crippen molar-refractivity contribution in [2.45, 2.75) is 38.3 Å². The summed E-state index contributed by atoms with van der Waals surface area (Å²) in [5.41, 5.74) is -0.394. The maximum absolute atomic E-state index is 9.71. The number of aliphatic hydroxyl groups is 1. The van der Waals surface area contributed by atoms with E-state index in [1.165, 1.54) is 0 Å². The van der Waals surface area contributed by atoms with Gasteiger partial charge in [-0.1, -0.05) is 0 Å². The Balaban J connectivity index is 3.87. The van der Waals surface area contributed by atoms with Gasteiger partial charge in [-0.3, -0.25) is 0 Å². The average molecular weight is 243 g/mol. The molecule has 0 radical (unpaired) electrons. The number of hydrogen-bond acceptors (Lipinski definition) is 3. The van der Waals surface area contributed by atoms with E-state index in [4.69, 9.17) is 23.6 Å². The molecule has 0 aliphatic rings. The SMILES string of the molecule is CN(C)CCC(O)CC(C)(C)N(Cl)Cl. The van der Waals surface area contributed by atoms with Crippen LogP contribution >= 0.6 is 23.6 Å². The molecule has 0 saturated heterocycles. The van der Waals surface area contributed by atoms with E-state index in [0.717, 1.165) is 16.9 Å². The minimum Gasteiger partial charge on any atom is -0.393 e. The molecular weight excluding hydrogens is 223 g/mol. The van der Waals surface area contributed by atoms with Crippen LogP contribution in [0.25, 0.3) is 0 Å². The second kappa shape index (κ2) is 6.13. The highest BCUT2D eigenvalue weighted by Crippen LogP contribution is 2.25. The number of hydrogen-bond donors (Lipinski definition) is 1. The first-order chi connectivity index (χ1) is 6.25. The Kier molecular flexibility index (Phi) is 6.33. The van der Waals surface area contributed by atoms with Crippen LogP contribution in [0, 0.1) is 0 Å². The normalized spacial score (nSPS) is 15.2. The largest absolute Gasteiger partial charge is 0.393 e. The third-order valence-electron chi connectivity index (χ3n) is 2.10. The molecule has 0 aromatic heterocycles. The summed E-state index contributed by atoms with van der Waals surface area (Å²) in [4.78, 5) is 2.04. The maximum atomic E-state index is 9.71. The fourth-order valence-corrected chi connectivity index (χ4v) is 1.29. The minimum atomic E-state index is -0.394. The monoisotopic (exact) mass is 242 g/mol. The fraction of sp³-hybridized carbons (Fsp3) is 1.00. The van der Waals surface area contributed by atoms with E-state index in [0.29, 0.717) is 6.42 Å². The number of halogens is 2. The highest BCUT2D eigenvalue weighted by Gasteiger charge is 2.27. The Labute approximate surface area is 96.8 Å². The molecule has 0 aliphatic carbocycles. The van der Waals surface area contributed by atoms with Crippen LogP contribution in [-0.4, -0.2) is 46.2 Å². The van der Waals surface area contributed by atoms with Gasteiger partial charge < -0.3 is 10.0 Å². The molecule has 1 unspecified atom stereocenters. The molecule has 3 nitrogen and oxygen atoms in total. The van der Waals surface area contributed by atoms with Gasteiger partial charge in [-0.25, -0.2) is 0 Å². The Morgan fingerprint density at radius 1 is 1.29 bits per heavy atom. The zero-order valence-corrected chi connectivity index (χ0v) is 10.8. The molecule has 0 spiro atoms. The topological polar surface area (TPSA) is 26.7 Å². The van der Waals surface area contributed by atoms with Crippen molar-refractivity contribution < 1.29 is 5.11 Å². The van der Waals surface area contributed by atoms with Crippen molar-refractivity contribution in [2.24, 2.45) is 0 Å². The lowest BCUT2D eigenvalue weighted by atomic mass is 9.96. The Bertz CT molecular complexity index is 163. The molecule has 1 atom stereocenters. The highest BCUT2D eigenvalue weighted by molar-refractivity contribution is 6.34. The van der Waals surface area contributed by atoms with E-state index >= 15 is 0 Å². The van der Waals surface area contributed by atoms with Crippen molar-refractivity contribution in [1.82, 2.24) is 8.84 Å². The predicted octanol–water partition coefficient (Wildman–Crippen LogP) is 2.08. The first-order valence-electron chi connectivity index (χ1n) is 4.70. The molecule has 86 valence electrons. The van der Waals surface area contributed by atoms with E-state index in [1.807, 2.05) is 32.8 Å². The van der Waals surface area contributed by atoms with Crippen LogP contribution in [0.2, 0.25) is 0 Å². The first-order valence-corrected chi connectivity index (χ1v) is 5.38. The molecule has 14 heavy (non-hydrogen) atoms. The molecule has 0 saturated carbocycles. The zero-order chi connectivity index (χ0) is 11.4. The van der Waals surface area contributed by atoms with Crippen LogP contribution < -0.4 is 0 Å². The maximum Gasteiger partial charge on any atom is 0.0570 e. The van der Waals surface area contributed by atoms with Gasteiger partial charge in [0.1, 0.15) is 0 Å². The van der Waals surface area contributed by atoms with Crippen molar-refractivity contribution in [3.63, 3.8) is 0 Å².